The zero-order chi connectivity index (χ0) is 13.4. The van der Waals surface area contributed by atoms with E-state index in [2.05, 4.69) is 27.9 Å². The average molecular weight is 296 g/mol. The van der Waals surface area contributed by atoms with Gasteiger partial charge < -0.3 is 5.32 Å². The van der Waals surface area contributed by atoms with E-state index in [4.69, 9.17) is 11.6 Å². The van der Waals surface area contributed by atoms with E-state index in [0.717, 1.165) is 33.6 Å². The number of rotatable bonds is 2. The Hall–Kier alpha value is -0.870. The Morgan fingerprint density at radius 1 is 1.21 bits per heavy atom. The molecule has 1 aliphatic carbocycles. The molecule has 0 aliphatic heterocycles. The first kappa shape index (κ1) is 13.1. The van der Waals surface area contributed by atoms with Crippen LogP contribution in [0.2, 0.25) is 5.02 Å². The van der Waals surface area contributed by atoms with Gasteiger partial charge in [0.2, 0.25) is 0 Å². The van der Waals surface area contributed by atoms with Crippen molar-refractivity contribution < 1.29 is 0 Å². The fourth-order valence-electron chi connectivity index (χ4n) is 2.85. The molecule has 0 spiro atoms. The molecule has 1 saturated carbocycles. The summed E-state index contributed by atoms with van der Waals surface area (Å²) in [7, 11) is 0. The Kier molecular flexibility index (Phi) is 3.63. The second-order valence-electron chi connectivity index (χ2n) is 5.66. The summed E-state index contributed by atoms with van der Waals surface area (Å²) < 4.78 is 8.64. The molecular weight excluding hydrogens is 278 g/mol. The minimum Gasteiger partial charge on any atom is -0.379 e. The van der Waals surface area contributed by atoms with Crippen LogP contribution in [-0.2, 0) is 0 Å². The number of hydrogen-bond donors (Lipinski definition) is 1. The number of nitrogens with one attached hydrogen (secondary N) is 1. The van der Waals surface area contributed by atoms with Gasteiger partial charge in [0.15, 0.2) is 0 Å². The third kappa shape index (κ3) is 2.56. The molecule has 1 aliphatic rings. The third-order valence-electron chi connectivity index (χ3n) is 4.32. The molecular formula is C14H18ClN3S. The van der Waals surface area contributed by atoms with Gasteiger partial charge in [0, 0.05) is 6.04 Å². The Bertz CT molecular complexity index is 583. The molecule has 5 heteroatoms. The van der Waals surface area contributed by atoms with Gasteiger partial charge in [0.05, 0.1) is 22.4 Å². The van der Waals surface area contributed by atoms with Gasteiger partial charge in [0.1, 0.15) is 11.0 Å². The molecule has 0 radical (unpaired) electrons. The van der Waals surface area contributed by atoms with Gasteiger partial charge in [-0.25, -0.2) is 0 Å². The SMILES string of the molecule is CC1CCC(Nc2c(Cl)ccc3nsnc23)CC1C. The maximum Gasteiger partial charge on any atom is 0.129 e. The van der Waals surface area contributed by atoms with Crippen LogP contribution in [-0.4, -0.2) is 14.8 Å². The van der Waals surface area contributed by atoms with Crippen LogP contribution in [0, 0.1) is 11.8 Å². The van der Waals surface area contributed by atoms with E-state index in [9.17, 15) is 0 Å². The Labute approximate surface area is 122 Å². The predicted octanol–water partition coefficient (Wildman–Crippen LogP) is 4.58. The number of hydrogen-bond acceptors (Lipinski definition) is 4. The first-order valence-corrected chi connectivity index (χ1v) is 7.93. The number of aromatic nitrogens is 2. The van der Waals surface area contributed by atoms with E-state index in [0.29, 0.717) is 6.04 Å². The van der Waals surface area contributed by atoms with E-state index in [1.165, 1.54) is 31.0 Å². The van der Waals surface area contributed by atoms with Crippen LogP contribution in [0.15, 0.2) is 12.1 Å². The first-order chi connectivity index (χ1) is 9.15. The molecule has 19 heavy (non-hydrogen) atoms. The highest BCUT2D eigenvalue weighted by Crippen LogP contribution is 2.35. The molecule has 3 atom stereocenters. The molecule has 0 saturated heterocycles. The number of nitrogens with zero attached hydrogens (tertiary/aromatic N) is 2. The van der Waals surface area contributed by atoms with Crippen LogP contribution in [0.3, 0.4) is 0 Å². The number of fused-ring (bicyclic) bond motifs is 1. The summed E-state index contributed by atoms with van der Waals surface area (Å²) in [4.78, 5) is 0. The highest BCUT2D eigenvalue weighted by atomic mass is 35.5. The maximum absolute atomic E-state index is 6.32. The van der Waals surface area contributed by atoms with Gasteiger partial charge in [0.25, 0.3) is 0 Å². The van der Waals surface area contributed by atoms with Gasteiger partial charge in [-0.2, -0.15) is 8.75 Å². The lowest BCUT2D eigenvalue weighted by molar-refractivity contribution is 0.261. The fourth-order valence-corrected chi connectivity index (χ4v) is 3.60. The third-order valence-corrected chi connectivity index (χ3v) is 5.18. The van der Waals surface area contributed by atoms with Crippen molar-refractivity contribution in [2.24, 2.45) is 11.8 Å². The summed E-state index contributed by atoms with van der Waals surface area (Å²) in [5, 5.41) is 4.34. The van der Waals surface area contributed by atoms with Crippen molar-refractivity contribution in [1.82, 2.24) is 8.75 Å². The summed E-state index contributed by atoms with van der Waals surface area (Å²) in [6.07, 6.45) is 3.68. The van der Waals surface area contributed by atoms with Crippen LogP contribution in [0.1, 0.15) is 33.1 Å². The van der Waals surface area contributed by atoms with Crippen molar-refractivity contribution in [3.63, 3.8) is 0 Å². The summed E-state index contributed by atoms with van der Waals surface area (Å²) in [6.45, 7) is 4.68. The lowest BCUT2D eigenvalue weighted by Crippen LogP contribution is -2.30. The highest BCUT2D eigenvalue weighted by Gasteiger charge is 2.25. The molecule has 1 fully saturated rings. The number of benzene rings is 1. The van der Waals surface area contributed by atoms with Crippen LogP contribution in [0.4, 0.5) is 5.69 Å². The molecule has 1 heterocycles. The normalized spacial score (nSPS) is 27.6. The first-order valence-electron chi connectivity index (χ1n) is 6.82. The van der Waals surface area contributed by atoms with E-state index < -0.39 is 0 Å². The topological polar surface area (TPSA) is 37.8 Å². The Morgan fingerprint density at radius 2 is 2.05 bits per heavy atom. The van der Waals surface area contributed by atoms with Gasteiger partial charge in [-0.05, 0) is 43.2 Å². The van der Waals surface area contributed by atoms with Gasteiger partial charge >= 0.3 is 0 Å². The van der Waals surface area contributed by atoms with Crippen molar-refractivity contribution in [1.29, 1.82) is 0 Å². The second kappa shape index (κ2) is 5.25. The van der Waals surface area contributed by atoms with Crippen molar-refractivity contribution in [2.75, 3.05) is 5.32 Å². The summed E-state index contributed by atoms with van der Waals surface area (Å²) >= 11 is 7.56. The van der Waals surface area contributed by atoms with Gasteiger partial charge in [-0.15, -0.1) is 0 Å². The maximum atomic E-state index is 6.32. The minimum atomic E-state index is 0.496. The molecule has 1 aromatic heterocycles. The number of anilines is 1. The van der Waals surface area contributed by atoms with Crippen LogP contribution in [0.5, 0.6) is 0 Å². The lowest BCUT2D eigenvalue weighted by atomic mass is 9.79. The predicted molar refractivity (Wildman–Crippen MR) is 82.0 cm³/mol. The van der Waals surface area contributed by atoms with E-state index in [1.807, 2.05) is 12.1 Å². The largest absolute Gasteiger partial charge is 0.379 e. The minimum absolute atomic E-state index is 0.496. The Balaban J connectivity index is 1.85. The highest BCUT2D eigenvalue weighted by molar-refractivity contribution is 7.00. The molecule has 0 amide bonds. The average Bonchev–Trinajstić information content (AvgIpc) is 2.86. The smallest absolute Gasteiger partial charge is 0.129 e. The Morgan fingerprint density at radius 3 is 2.84 bits per heavy atom. The van der Waals surface area contributed by atoms with E-state index >= 15 is 0 Å². The molecule has 3 rings (SSSR count). The summed E-state index contributed by atoms with van der Waals surface area (Å²) in [6, 6.07) is 4.33. The van der Waals surface area contributed by atoms with Crippen molar-refractivity contribution >= 4 is 40.0 Å². The van der Waals surface area contributed by atoms with Gasteiger partial charge in [-0.1, -0.05) is 25.4 Å². The van der Waals surface area contributed by atoms with Crippen molar-refractivity contribution in [2.45, 2.75) is 39.2 Å². The van der Waals surface area contributed by atoms with Crippen LogP contribution >= 0.6 is 23.3 Å². The standard InChI is InChI=1S/C14H18ClN3S/c1-8-3-4-10(7-9(8)2)16-13-11(15)5-6-12-14(13)18-19-17-12/h5-6,8-10,16H,3-4,7H2,1-2H3. The van der Waals surface area contributed by atoms with E-state index in [1.54, 1.807) is 0 Å². The molecule has 1 N–H and O–H groups in total. The zero-order valence-electron chi connectivity index (χ0n) is 11.2. The quantitative estimate of drug-likeness (QED) is 0.881. The van der Waals surface area contributed by atoms with Crippen LogP contribution in [0.25, 0.3) is 11.0 Å². The summed E-state index contributed by atoms with van der Waals surface area (Å²) in [5.41, 5.74) is 2.79. The summed E-state index contributed by atoms with van der Waals surface area (Å²) in [5.74, 6) is 1.59. The molecule has 2 aromatic rings. The van der Waals surface area contributed by atoms with Crippen LogP contribution < -0.4 is 5.32 Å². The molecule has 3 unspecified atom stereocenters. The fraction of sp³-hybridized carbons (Fsp3) is 0.571. The molecule has 1 aromatic carbocycles. The van der Waals surface area contributed by atoms with Gasteiger partial charge in [-0.3, -0.25) is 0 Å². The molecule has 102 valence electrons. The lowest BCUT2D eigenvalue weighted by Gasteiger charge is -2.33. The number of halogens is 1. The molecule has 0 bridgehead atoms. The van der Waals surface area contributed by atoms with Crippen molar-refractivity contribution in [3.8, 4) is 0 Å². The molecule has 3 nitrogen and oxygen atoms in total. The second-order valence-corrected chi connectivity index (χ2v) is 6.60. The van der Waals surface area contributed by atoms with Crippen molar-refractivity contribution in [3.05, 3.63) is 17.2 Å². The monoisotopic (exact) mass is 295 g/mol. The zero-order valence-corrected chi connectivity index (χ0v) is 12.8. The van der Waals surface area contributed by atoms with E-state index in [-0.39, 0.29) is 0 Å².